The van der Waals surface area contributed by atoms with E-state index in [-0.39, 0.29) is 18.4 Å². The highest BCUT2D eigenvalue weighted by Crippen LogP contribution is 2.30. The molecule has 1 aromatic carbocycles. The molecule has 0 fully saturated rings. The van der Waals surface area contributed by atoms with Crippen LogP contribution >= 0.6 is 0 Å². The largest absolute Gasteiger partial charge is 0.373 e. The van der Waals surface area contributed by atoms with Crippen molar-refractivity contribution in [1.29, 1.82) is 5.26 Å². The second-order valence-electron chi connectivity index (χ2n) is 6.18. The molecular weight excluding hydrogens is 292 g/mol. The van der Waals surface area contributed by atoms with Gasteiger partial charge in [0.15, 0.2) is 11.7 Å². The van der Waals surface area contributed by atoms with E-state index in [1.807, 2.05) is 44.2 Å². The normalized spacial score (nSPS) is 17.9. The van der Waals surface area contributed by atoms with Crippen LogP contribution in [0.5, 0.6) is 0 Å². The number of nitrogens with one attached hydrogen (secondary N) is 1. The van der Waals surface area contributed by atoms with Crippen LogP contribution in [0.1, 0.15) is 37.5 Å². The van der Waals surface area contributed by atoms with Crippen molar-refractivity contribution in [2.24, 2.45) is 11.8 Å². The number of Topliss-reactive ketones (excluding diaryl/α,β-unsaturated/α-hetero) is 1. The van der Waals surface area contributed by atoms with Gasteiger partial charge in [0.1, 0.15) is 0 Å². The van der Waals surface area contributed by atoms with Crippen molar-refractivity contribution < 1.29 is 14.3 Å². The Morgan fingerprint density at radius 1 is 1.39 bits per heavy atom. The van der Waals surface area contributed by atoms with Gasteiger partial charge in [-0.05, 0) is 23.5 Å². The molecule has 23 heavy (non-hydrogen) atoms. The summed E-state index contributed by atoms with van der Waals surface area (Å²) in [6, 6.07) is 9.64. The third-order valence-corrected chi connectivity index (χ3v) is 3.88. The summed E-state index contributed by atoms with van der Waals surface area (Å²) in [5, 5.41) is 11.8. The first-order valence-corrected chi connectivity index (χ1v) is 7.92. The van der Waals surface area contributed by atoms with Gasteiger partial charge in [0.05, 0.1) is 18.8 Å². The summed E-state index contributed by atoms with van der Waals surface area (Å²) >= 11 is 0. The quantitative estimate of drug-likeness (QED) is 0.816. The number of ether oxygens (including phenoxy) is 1. The molecule has 1 heterocycles. The minimum absolute atomic E-state index is 0.0460. The highest BCUT2D eigenvalue weighted by molar-refractivity contribution is 6.04. The van der Waals surface area contributed by atoms with E-state index in [1.165, 1.54) is 0 Å². The fourth-order valence-corrected chi connectivity index (χ4v) is 2.63. The molecule has 0 aliphatic carbocycles. The van der Waals surface area contributed by atoms with E-state index < -0.39 is 17.6 Å². The van der Waals surface area contributed by atoms with Gasteiger partial charge in [-0.2, -0.15) is 5.26 Å². The van der Waals surface area contributed by atoms with Crippen molar-refractivity contribution in [3.05, 3.63) is 35.4 Å². The lowest BCUT2D eigenvalue weighted by atomic mass is 9.91. The van der Waals surface area contributed by atoms with Crippen molar-refractivity contribution in [1.82, 2.24) is 5.32 Å². The number of ketones is 1. The summed E-state index contributed by atoms with van der Waals surface area (Å²) in [5.74, 6) is -1.92. The van der Waals surface area contributed by atoms with Crippen LogP contribution in [0.4, 0.5) is 0 Å². The molecule has 0 saturated heterocycles. The van der Waals surface area contributed by atoms with Gasteiger partial charge in [-0.1, -0.05) is 38.1 Å². The maximum Gasteiger partial charge on any atom is 0.245 e. The molecular formula is C18H22N2O3. The smallest absolute Gasteiger partial charge is 0.245 e. The molecule has 0 saturated carbocycles. The fourth-order valence-electron chi connectivity index (χ4n) is 2.63. The Morgan fingerprint density at radius 2 is 2.13 bits per heavy atom. The Balaban J connectivity index is 2.03. The standard InChI is InChI=1S/C18H22N2O3/c1-12(2)11-20-18(22)15(10-19)16(21)9-17-14-6-4-3-5-13(14)7-8-23-17/h3-6,12,15,17H,7-9,11H2,1-2H3,(H,20,22)/t15-,17+/m0/s1. The summed E-state index contributed by atoms with van der Waals surface area (Å²) in [6.45, 7) is 4.91. The summed E-state index contributed by atoms with van der Waals surface area (Å²) in [4.78, 5) is 24.4. The third-order valence-electron chi connectivity index (χ3n) is 3.88. The molecule has 0 bridgehead atoms. The average Bonchev–Trinajstić information content (AvgIpc) is 2.54. The highest BCUT2D eigenvalue weighted by Gasteiger charge is 2.31. The van der Waals surface area contributed by atoms with Gasteiger partial charge >= 0.3 is 0 Å². The number of rotatable bonds is 6. The Kier molecular flexibility index (Phi) is 5.89. The van der Waals surface area contributed by atoms with Crippen LogP contribution in [0.2, 0.25) is 0 Å². The molecule has 2 atom stereocenters. The Labute approximate surface area is 136 Å². The lowest BCUT2D eigenvalue weighted by Crippen LogP contribution is -2.37. The van der Waals surface area contributed by atoms with Crippen LogP contribution in [0.25, 0.3) is 0 Å². The molecule has 0 radical (unpaired) electrons. The van der Waals surface area contributed by atoms with E-state index in [0.29, 0.717) is 13.2 Å². The van der Waals surface area contributed by atoms with E-state index in [2.05, 4.69) is 5.32 Å². The van der Waals surface area contributed by atoms with Gasteiger partial charge < -0.3 is 10.1 Å². The summed E-state index contributed by atoms with van der Waals surface area (Å²) < 4.78 is 5.69. The molecule has 0 unspecified atom stereocenters. The van der Waals surface area contributed by atoms with Crippen LogP contribution in [0.15, 0.2) is 24.3 Å². The van der Waals surface area contributed by atoms with Crippen LogP contribution < -0.4 is 5.32 Å². The second-order valence-corrected chi connectivity index (χ2v) is 6.18. The zero-order valence-electron chi connectivity index (χ0n) is 13.5. The van der Waals surface area contributed by atoms with Crippen LogP contribution in [0, 0.1) is 23.2 Å². The number of fused-ring (bicyclic) bond motifs is 1. The SMILES string of the molecule is CC(C)CNC(=O)[C@@H](C#N)C(=O)C[C@H]1OCCc2ccccc21. The predicted molar refractivity (Wildman–Crippen MR) is 85.4 cm³/mol. The number of hydrogen-bond donors (Lipinski definition) is 1. The van der Waals surface area contributed by atoms with E-state index >= 15 is 0 Å². The van der Waals surface area contributed by atoms with Crippen LogP contribution in [-0.2, 0) is 20.7 Å². The number of carbonyl (C=O) groups is 2. The summed E-state index contributed by atoms with van der Waals surface area (Å²) in [7, 11) is 0. The minimum Gasteiger partial charge on any atom is -0.373 e. The maximum absolute atomic E-state index is 12.4. The summed E-state index contributed by atoms with van der Waals surface area (Å²) in [5.41, 5.74) is 2.14. The number of nitriles is 1. The Bertz CT molecular complexity index is 619. The fraction of sp³-hybridized carbons (Fsp3) is 0.500. The first-order chi connectivity index (χ1) is 11.0. The molecule has 5 heteroatoms. The Morgan fingerprint density at radius 3 is 2.83 bits per heavy atom. The number of nitrogens with zero attached hydrogens (tertiary/aromatic N) is 1. The van der Waals surface area contributed by atoms with Gasteiger partial charge in [0.2, 0.25) is 5.91 Å². The van der Waals surface area contributed by atoms with Gasteiger partial charge in [-0.25, -0.2) is 0 Å². The lowest BCUT2D eigenvalue weighted by Gasteiger charge is -2.26. The highest BCUT2D eigenvalue weighted by atomic mass is 16.5. The Hall–Kier alpha value is -2.19. The monoisotopic (exact) mass is 314 g/mol. The van der Waals surface area contributed by atoms with Gasteiger partial charge in [0.25, 0.3) is 0 Å². The van der Waals surface area contributed by atoms with Crippen LogP contribution in [0.3, 0.4) is 0 Å². The molecule has 122 valence electrons. The topological polar surface area (TPSA) is 79.2 Å². The second kappa shape index (κ2) is 7.89. The molecule has 0 aromatic heterocycles. The minimum atomic E-state index is -1.27. The van der Waals surface area contributed by atoms with E-state index in [9.17, 15) is 14.9 Å². The predicted octanol–water partition coefficient (Wildman–Crippen LogP) is 2.17. The molecule has 1 aromatic rings. The lowest BCUT2D eigenvalue weighted by molar-refractivity contribution is -0.133. The summed E-state index contributed by atoms with van der Waals surface area (Å²) in [6.07, 6.45) is 0.489. The molecule has 0 spiro atoms. The van der Waals surface area contributed by atoms with Gasteiger partial charge in [-0.3, -0.25) is 9.59 Å². The molecule has 5 nitrogen and oxygen atoms in total. The average molecular weight is 314 g/mol. The third kappa shape index (κ3) is 4.40. The van der Waals surface area contributed by atoms with Crippen molar-refractivity contribution in [3.63, 3.8) is 0 Å². The molecule has 1 amide bonds. The molecule has 1 aliphatic rings. The number of benzene rings is 1. The first-order valence-electron chi connectivity index (χ1n) is 7.92. The number of carbonyl (C=O) groups excluding carboxylic acids is 2. The van der Waals surface area contributed by atoms with Crippen molar-refractivity contribution in [2.75, 3.05) is 13.2 Å². The van der Waals surface area contributed by atoms with E-state index in [0.717, 1.165) is 17.5 Å². The molecule has 2 rings (SSSR count). The first kappa shape index (κ1) is 17.2. The molecule has 1 aliphatic heterocycles. The van der Waals surface area contributed by atoms with Gasteiger partial charge in [0, 0.05) is 13.0 Å². The number of amides is 1. The van der Waals surface area contributed by atoms with E-state index in [1.54, 1.807) is 0 Å². The van der Waals surface area contributed by atoms with Crippen molar-refractivity contribution >= 4 is 11.7 Å². The maximum atomic E-state index is 12.4. The molecule has 1 N–H and O–H groups in total. The van der Waals surface area contributed by atoms with Crippen molar-refractivity contribution in [2.45, 2.75) is 32.8 Å². The van der Waals surface area contributed by atoms with Crippen molar-refractivity contribution in [3.8, 4) is 6.07 Å². The van der Waals surface area contributed by atoms with Gasteiger partial charge in [-0.15, -0.1) is 0 Å². The van der Waals surface area contributed by atoms with Crippen LogP contribution in [-0.4, -0.2) is 24.8 Å². The zero-order valence-corrected chi connectivity index (χ0v) is 13.5. The zero-order chi connectivity index (χ0) is 16.8. The number of hydrogen-bond acceptors (Lipinski definition) is 4. The van der Waals surface area contributed by atoms with E-state index in [4.69, 9.17) is 4.74 Å².